The normalized spacial score (nSPS) is 11.0. The fraction of sp³-hybridized carbons (Fsp3) is 0.0667. The van der Waals surface area contributed by atoms with Crippen LogP contribution >= 0.6 is 0 Å². The summed E-state index contributed by atoms with van der Waals surface area (Å²) in [5, 5.41) is 29.1. The second-order valence-corrected chi connectivity index (χ2v) is 4.80. The maximum absolute atomic E-state index is 11.0. The molecule has 0 aliphatic heterocycles. The molecular weight excluding hydrogens is 288 g/mol. The van der Waals surface area contributed by atoms with Gasteiger partial charge < -0.3 is 15.3 Å². The highest BCUT2D eigenvalue weighted by Crippen LogP contribution is 2.31. The maximum atomic E-state index is 11.0. The minimum atomic E-state index is -1.26. The van der Waals surface area contributed by atoms with Gasteiger partial charge in [-0.15, -0.1) is 0 Å². The van der Waals surface area contributed by atoms with Crippen LogP contribution in [0.1, 0.15) is 26.5 Å². The van der Waals surface area contributed by atoms with E-state index >= 15 is 0 Å². The van der Waals surface area contributed by atoms with Gasteiger partial charge in [0.05, 0.1) is 11.0 Å². The van der Waals surface area contributed by atoms with Gasteiger partial charge in [-0.1, -0.05) is 6.07 Å². The van der Waals surface area contributed by atoms with Gasteiger partial charge in [0.1, 0.15) is 11.4 Å². The summed E-state index contributed by atoms with van der Waals surface area (Å²) in [7, 11) is 0. The van der Waals surface area contributed by atoms with Gasteiger partial charge in [0, 0.05) is 22.4 Å². The molecule has 22 heavy (non-hydrogen) atoms. The topological polar surface area (TPSA) is 121 Å². The highest BCUT2D eigenvalue weighted by molar-refractivity contribution is 6.03. The molecule has 0 fully saturated rings. The number of hydrogen-bond acceptors (Lipinski definition) is 5. The summed E-state index contributed by atoms with van der Waals surface area (Å²) in [4.78, 5) is 30.1. The van der Waals surface area contributed by atoms with E-state index in [1.165, 1.54) is 6.07 Å². The molecule has 7 heteroatoms. The van der Waals surface area contributed by atoms with E-state index in [0.29, 0.717) is 21.9 Å². The molecule has 2 aromatic heterocycles. The molecule has 0 saturated heterocycles. The number of carboxylic acids is 2. The van der Waals surface area contributed by atoms with Crippen LogP contribution in [0.3, 0.4) is 0 Å². The van der Waals surface area contributed by atoms with Crippen molar-refractivity contribution in [3.05, 3.63) is 41.2 Å². The molecule has 0 radical (unpaired) electrons. The van der Waals surface area contributed by atoms with E-state index in [1.54, 1.807) is 19.1 Å². The van der Waals surface area contributed by atoms with E-state index in [1.807, 2.05) is 0 Å². The smallest absolute Gasteiger partial charge is 0.354 e. The Balaban J connectivity index is 2.44. The van der Waals surface area contributed by atoms with Crippen molar-refractivity contribution < 1.29 is 24.9 Å². The van der Waals surface area contributed by atoms with E-state index in [-0.39, 0.29) is 22.7 Å². The van der Waals surface area contributed by atoms with Gasteiger partial charge in [-0.05, 0) is 19.1 Å². The Bertz CT molecular complexity index is 965. The lowest BCUT2D eigenvalue weighted by Crippen LogP contribution is -2.03. The van der Waals surface area contributed by atoms with E-state index in [4.69, 9.17) is 10.2 Å². The number of aryl methyl sites for hydroxylation is 1. The summed E-state index contributed by atoms with van der Waals surface area (Å²) < 4.78 is 0. The lowest BCUT2D eigenvalue weighted by molar-refractivity contribution is 0.0680. The second-order valence-electron chi connectivity index (χ2n) is 4.80. The molecule has 1 aromatic carbocycles. The summed E-state index contributed by atoms with van der Waals surface area (Å²) in [6.07, 6.45) is 0. The quantitative estimate of drug-likeness (QED) is 0.620. The highest BCUT2D eigenvalue weighted by Gasteiger charge is 2.15. The number of benzene rings is 1. The zero-order valence-corrected chi connectivity index (χ0v) is 11.4. The summed E-state index contributed by atoms with van der Waals surface area (Å²) >= 11 is 0. The van der Waals surface area contributed by atoms with Gasteiger partial charge in [-0.2, -0.15) is 0 Å². The molecule has 0 unspecified atom stereocenters. The Morgan fingerprint density at radius 3 is 2.23 bits per heavy atom. The monoisotopic (exact) mass is 298 g/mol. The van der Waals surface area contributed by atoms with Gasteiger partial charge >= 0.3 is 11.9 Å². The van der Waals surface area contributed by atoms with Crippen molar-refractivity contribution in [2.24, 2.45) is 0 Å². The molecule has 0 atom stereocenters. The summed E-state index contributed by atoms with van der Waals surface area (Å²) in [5.74, 6) is -2.62. The molecular formula is C15H10N2O5. The molecule has 0 amide bonds. The van der Waals surface area contributed by atoms with Gasteiger partial charge in [0.2, 0.25) is 0 Å². The molecule has 3 rings (SSSR count). The number of rotatable bonds is 2. The number of pyridine rings is 2. The molecule has 0 spiro atoms. The van der Waals surface area contributed by atoms with Crippen molar-refractivity contribution in [1.82, 2.24) is 9.97 Å². The predicted octanol–water partition coefficient (Wildman–Crippen LogP) is 2.19. The Kier molecular flexibility index (Phi) is 2.91. The fourth-order valence-electron chi connectivity index (χ4n) is 2.35. The van der Waals surface area contributed by atoms with E-state index in [0.717, 1.165) is 6.07 Å². The van der Waals surface area contributed by atoms with Crippen LogP contribution in [0.4, 0.5) is 0 Å². The first-order chi connectivity index (χ1) is 10.4. The zero-order valence-electron chi connectivity index (χ0n) is 11.4. The summed E-state index contributed by atoms with van der Waals surface area (Å²) in [6.45, 7) is 1.65. The number of carbonyl (C=O) groups is 2. The molecule has 2 heterocycles. The first-order valence-corrected chi connectivity index (χ1v) is 6.29. The summed E-state index contributed by atoms with van der Waals surface area (Å²) in [5.41, 5.74) is 0.783. The lowest BCUT2D eigenvalue weighted by Gasteiger charge is -2.09. The molecule has 0 bridgehead atoms. The maximum Gasteiger partial charge on any atom is 0.354 e. The summed E-state index contributed by atoms with van der Waals surface area (Å²) in [6, 6.07) is 5.63. The number of aromatic hydroxyl groups is 1. The third-order valence-electron chi connectivity index (χ3n) is 3.41. The standard InChI is InChI=1S/C15H10N2O5/c1-6-12-7(2-3-9(16-12)14(19)20)4-8-11(18)5-10(15(21)22)17-13(6)8/h2-5H,1H3,(H,17,18)(H,19,20)(H,21,22). The molecule has 0 aliphatic rings. The van der Waals surface area contributed by atoms with Crippen molar-refractivity contribution in [2.75, 3.05) is 0 Å². The molecule has 0 saturated carbocycles. The van der Waals surface area contributed by atoms with E-state index in [2.05, 4.69) is 9.97 Å². The van der Waals surface area contributed by atoms with Gasteiger partial charge in [-0.3, -0.25) is 0 Å². The average molecular weight is 298 g/mol. The lowest BCUT2D eigenvalue weighted by atomic mass is 10.0. The number of hydrogen-bond donors (Lipinski definition) is 3. The number of fused-ring (bicyclic) bond motifs is 2. The van der Waals surface area contributed by atoms with Crippen LogP contribution in [0, 0.1) is 6.92 Å². The van der Waals surface area contributed by atoms with Crippen molar-refractivity contribution in [3.63, 3.8) is 0 Å². The Hall–Kier alpha value is -3.22. The van der Waals surface area contributed by atoms with Crippen molar-refractivity contribution in [1.29, 1.82) is 0 Å². The number of aromatic nitrogens is 2. The van der Waals surface area contributed by atoms with Crippen LogP contribution in [0.15, 0.2) is 24.3 Å². The highest BCUT2D eigenvalue weighted by atomic mass is 16.4. The van der Waals surface area contributed by atoms with Crippen LogP contribution in [-0.2, 0) is 0 Å². The van der Waals surface area contributed by atoms with Crippen LogP contribution in [0.2, 0.25) is 0 Å². The van der Waals surface area contributed by atoms with Crippen LogP contribution in [-0.4, -0.2) is 37.2 Å². The van der Waals surface area contributed by atoms with Crippen LogP contribution in [0.5, 0.6) is 5.75 Å². The van der Waals surface area contributed by atoms with Gasteiger partial charge in [0.15, 0.2) is 5.69 Å². The molecule has 3 aromatic rings. The molecule has 3 N–H and O–H groups in total. The van der Waals surface area contributed by atoms with Gasteiger partial charge in [-0.25, -0.2) is 19.6 Å². The van der Waals surface area contributed by atoms with Crippen LogP contribution in [0.25, 0.3) is 21.8 Å². The average Bonchev–Trinajstić information content (AvgIpc) is 2.47. The second kappa shape index (κ2) is 4.66. The predicted molar refractivity (Wildman–Crippen MR) is 77.4 cm³/mol. The number of aromatic carboxylic acids is 2. The number of carboxylic acid groups (broad SMARTS) is 2. The van der Waals surface area contributed by atoms with Crippen molar-refractivity contribution >= 4 is 33.7 Å². The van der Waals surface area contributed by atoms with E-state index < -0.39 is 11.9 Å². The first kappa shape index (κ1) is 13.7. The number of nitrogens with zero attached hydrogens (tertiary/aromatic N) is 2. The Labute approximate surface area is 123 Å². The zero-order chi connectivity index (χ0) is 16.0. The Morgan fingerprint density at radius 1 is 0.955 bits per heavy atom. The van der Waals surface area contributed by atoms with Crippen LogP contribution < -0.4 is 0 Å². The van der Waals surface area contributed by atoms with Gasteiger partial charge in [0.25, 0.3) is 0 Å². The minimum absolute atomic E-state index is 0.117. The first-order valence-electron chi connectivity index (χ1n) is 6.29. The largest absolute Gasteiger partial charge is 0.507 e. The Morgan fingerprint density at radius 2 is 1.59 bits per heavy atom. The SMILES string of the molecule is Cc1c2nc(C(=O)O)ccc2cc2c(O)cc(C(=O)O)nc12. The van der Waals surface area contributed by atoms with Crippen molar-refractivity contribution in [3.8, 4) is 5.75 Å². The van der Waals surface area contributed by atoms with E-state index in [9.17, 15) is 14.7 Å². The minimum Gasteiger partial charge on any atom is -0.507 e. The fourth-order valence-corrected chi connectivity index (χ4v) is 2.35. The third kappa shape index (κ3) is 1.99. The molecule has 0 aliphatic carbocycles. The third-order valence-corrected chi connectivity index (χ3v) is 3.41. The van der Waals surface area contributed by atoms with Crippen molar-refractivity contribution in [2.45, 2.75) is 6.92 Å². The molecule has 110 valence electrons. The molecule has 7 nitrogen and oxygen atoms in total.